The number of Topliss-reactive ketones (excluding diaryl/α,β-unsaturated/α-hetero) is 2. The SMILES string of the molecule is C[C@@H]1CC[C@@]2(CC(=O)[C@@]3(C)[C@@H]4CCCC(C)(C)C4=CC[C@@H]3C)C(=O)CCC[C@H]2[C@]1(C)c1cc(OCc2ccccc2)ccc1OCc1ccccc1. The van der Waals surface area contributed by atoms with Gasteiger partial charge in [-0.15, -0.1) is 0 Å². The third kappa shape index (κ3) is 6.36. The normalized spacial score (nSPS) is 32.6. The smallest absolute Gasteiger partial charge is 0.140 e. The highest BCUT2D eigenvalue weighted by Gasteiger charge is 2.62. The molecule has 3 saturated carbocycles. The molecule has 52 heavy (non-hydrogen) atoms. The molecule has 3 fully saturated rings. The van der Waals surface area contributed by atoms with Gasteiger partial charge in [-0.05, 0) is 103 Å². The molecule has 0 unspecified atom stereocenters. The van der Waals surface area contributed by atoms with E-state index in [1.54, 1.807) is 0 Å². The predicted octanol–water partition coefficient (Wildman–Crippen LogP) is 11.6. The Morgan fingerprint density at radius 3 is 2.13 bits per heavy atom. The first-order valence-electron chi connectivity index (χ1n) is 20.1. The Bertz CT molecular complexity index is 1790. The van der Waals surface area contributed by atoms with Gasteiger partial charge >= 0.3 is 0 Å². The zero-order chi connectivity index (χ0) is 36.7. The van der Waals surface area contributed by atoms with Crippen LogP contribution in [0.25, 0.3) is 0 Å². The molecule has 276 valence electrons. The second-order valence-electron chi connectivity index (χ2n) is 18.0. The first-order valence-corrected chi connectivity index (χ1v) is 20.1. The van der Waals surface area contributed by atoms with E-state index in [0.29, 0.717) is 37.6 Å². The minimum atomic E-state index is -0.678. The standard InChI is InChI=1S/C48H60O4/c1-33-22-24-38-39(19-14-27-45(38,3)4)47(33,6)44(50)30-48-28-26-34(2)46(5,42(48)20-13-21-43(48)49)40-29-37(51-31-35-15-9-7-10-16-35)23-25-41(40)52-32-36-17-11-8-12-18-36/h7-12,15-18,23-25,29,33-34,39,42H,13-14,19-22,26-28,30-32H2,1-6H3/t33-,34+,39+,42-,46-,47+,48-/m0/s1. The zero-order valence-corrected chi connectivity index (χ0v) is 32.5. The summed E-state index contributed by atoms with van der Waals surface area (Å²) in [6.07, 6.45) is 11.2. The van der Waals surface area contributed by atoms with Crippen LogP contribution in [0.15, 0.2) is 90.5 Å². The van der Waals surface area contributed by atoms with Crippen LogP contribution in [-0.2, 0) is 28.2 Å². The van der Waals surface area contributed by atoms with Gasteiger partial charge in [0, 0.05) is 34.7 Å². The maximum atomic E-state index is 15.3. The highest BCUT2D eigenvalue weighted by atomic mass is 16.5. The van der Waals surface area contributed by atoms with Gasteiger partial charge < -0.3 is 9.47 Å². The van der Waals surface area contributed by atoms with Crippen molar-refractivity contribution in [3.05, 3.63) is 107 Å². The molecule has 4 heteroatoms. The number of hydrogen-bond donors (Lipinski definition) is 0. The summed E-state index contributed by atoms with van der Waals surface area (Å²) in [5.41, 5.74) is 3.40. The van der Waals surface area contributed by atoms with Crippen molar-refractivity contribution in [2.24, 2.45) is 39.9 Å². The van der Waals surface area contributed by atoms with E-state index in [1.165, 1.54) is 12.0 Å². The monoisotopic (exact) mass is 700 g/mol. The van der Waals surface area contributed by atoms with Crippen molar-refractivity contribution in [2.45, 2.75) is 124 Å². The summed E-state index contributed by atoms with van der Waals surface area (Å²) < 4.78 is 13.2. The quantitative estimate of drug-likeness (QED) is 0.198. The number of fused-ring (bicyclic) bond motifs is 2. The number of rotatable bonds is 10. The van der Waals surface area contributed by atoms with Crippen molar-refractivity contribution in [1.29, 1.82) is 0 Å². The van der Waals surface area contributed by atoms with E-state index in [0.717, 1.165) is 73.1 Å². The fourth-order valence-electron chi connectivity index (χ4n) is 11.3. The van der Waals surface area contributed by atoms with Gasteiger partial charge in [0.05, 0.1) is 0 Å². The molecular weight excluding hydrogens is 641 g/mol. The summed E-state index contributed by atoms with van der Waals surface area (Å²) in [6, 6.07) is 26.9. The average Bonchev–Trinajstić information content (AvgIpc) is 3.14. The van der Waals surface area contributed by atoms with Crippen molar-refractivity contribution in [2.75, 3.05) is 0 Å². The third-order valence-electron chi connectivity index (χ3n) is 14.9. The topological polar surface area (TPSA) is 52.6 Å². The van der Waals surface area contributed by atoms with Crippen molar-refractivity contribution in [3.8, 4) is 11.5 Å². The minimum Gasteiger partial charge on any atom is -0.489 e. The van der Waals surface area contributed by atoms with Crippen LogP contribution in [0.2, 0.25) is 0 Å². The van der Waals surface area contributed by atoms with Gasteiger partial charge in [-0.3, -0.25) is 9.59 Å². The van der Waals surface area contributed by atoms with Crippen molar-refractivity contribution in [1.82, 2.24) is 0 Å². The Morgan fingerprint density at radius 2 is 1.44 bits per heavy atom. The number of carbonyl (C=O) groups is 2. The second-order valence-corrected chi connectivity index (χ2v) is 18.0. The molecule has 0 amide bonds. The second kappa shape index (κ2) is 14.3. The highest BCUT2D eigenvalue weighted by molar-refractivity contribution is 5.95. The van der Waals surface area contributed by atoms with Crippen LogP contribution < -0.4 is 9.47 Å². The van der Waals surface area contributed by atoms with Crippen molar-refractivity contribution < 1.29 is 19.1 Å². The molecule has 0 bridgehead atoms. The first kappa shape index (κ1) is 36.7. The molecule has 4 nitrogen and oxygen atoms in total. The van der Waals surface area contributed by atoms with Crippen LogP contribution in [0.3, 0.4) is 0 Å². The Morgan fingerprint density at radius 1 is 0.769 bits per heavy atom. The number of ketones is 2. The van der Waals surface area contributed by atoms with E-state index in [1.807, 2.05) is 42.5 Å². The van der Waals surface area contributed by atoms with E-state index in [4.69, 9.17) is 9.47 Å². The molecule has 3 aromatic carbocycles. The summed E-state index contributed by atoms with van der Waals surface area (Å²) in [5, 5.41) is 0. The Balaban J connectivity index is 1.27. The lowest BCUT2D eigenvalue weighted by Gasteiger charge is -2.59. The van der Waals surface area contributed by atoms with E-state index in [9.17, 15) is 4.79 Å². The highest BCUT2D eigenvalue weighted by Crippen LogP contribution is 2.64. The number of carbonyl (C=O) groups excluding carboxylic acids is 2. The van der Waals surface area contributed by atoms with E-state index < -0.39 is 16.2 Å². The molecule has 4 aliphatic rings. The first-order chi connectivity index (χ1) is 24.9. The average molecular weight is 701 g/mol. The van der Waals surface area contributed by atoms with Gasteiger partial charge in [-0.1, -0.05) is 120 Å². The Labute approximate surface area is 312 Å². The fraction of sp³-hybridized carbons (Fsp3) is 0.542. The molecule has 4 aliphatic carbocycles. The molecule has 0 spiro atoms. The lowest BCUT2D eigenvalue weighted by molar-refractivity contribution is -0.155. The van der Waals surface area contributed by atoms with Gasteiger partial charge in [0.15, 0.2) is 0 Å². The van der Waals surface area contributed by atoms with Gasteiger partial charge in [0.25, 0.3) is 0 Å². The van der Waals surface area contributed by atoms with Gasteiger partial charge in [-0.2, -0.15) is 0 Å². The minimum absolute atomic E-state index is 0.0257. The molecule has 0 aromatic heterocycles. The molecule has 3 aromatic rings. The molecule has 0 N–H and O–H groups in total. The fourth-order valence-corrected chi connectivity index (χ4v) is 11.3. The maximum Gasteiger partial charge on any atom is 0.140 e. The number of benzene rings is 3. The summed E-state index contributed by atoms with van der Waals surface area (Å²) in [4.78, 5) is 29.9. The Kier molecular flexibility index (Phi) is 10.1. The van der Waals surface area contributed by atoms with Crippen LogP contribution in [0, 0.1) is 39.9 Å². The predicted molar refractivity (Wildman–Crippen MR) is 209 cm³/mol. The molecule has 0 saturated heterocycles. The third-order valence-corrected chi connectivity index (χ3v) is 14.9. The number of ether oxygens (including phenoxy) is 2. The van der Waals surface area contributed by atoms with E-state index in [2.05, 4.69) is 84.0 Å². The summed E-state index contributed by atoms with van der Waals surface area (Å²) >= 11 is 0. The summed E-state index contributed by atoms with van der Waals surface area (Å²) in [5.74, 6) is 3.10. The summed E-state index contributed by atoms with van der Waals surface area (Å²) in [6.45, 7) is 15.0. The van der Waals surface area contributed by atoms with E-state index >= 15 is 4.79 Å². The molecule has 7 rings (SSSR count). The lowest BCUT2D eigenvalue weighted by atomic mass is 9.43. The Hall–Kier alpha value is -3.66. The van der Waals surface area contributed by atoms with Gasteiger partial charge in [0.2, 0.25) is 0 Å². The maximum absolute atomic E-state index is 15.3. The van der Waals surface area contributed by atoms with Crippen LogP contribution in [-0.4, -0.2) is 11.6 Å². The number of allylic oxidation sites excluding steroid dienone is 2. The summed E-state index contributed by atoms with van der Waals surface area (Å²) in [7, 11) is 0. The van der Waals surface area contributed by atoms with Crippen molar-refractivity contribution >= 4 is 11.6 Å². The molecular formula is C48H60O4. The van der Waals surface area contributed by atoms with Crippen molar-refractivity contribution in [3.63, 3.8) is 0 Å². The largest absolute Gasteiger partial charge is 0.489 e. The molecule has 7 atom stereocenters. The molecule has 0 aliphatic heterocycles. The van der Waals surface area contributed by atoms with Crippen LogP contribution >= 0.6 is 0 Å². The zero-order valence-electron chi connectivity index (χ0n) is 32.5. The van der Waals surface area contributed by atoms with Crippen LogP contribution in [0.1, 0.15) is 122 Å². The number of hydrogen-bond acceptors (Lipinski definition) is 4. The van der Waals surface area contributed by atoms with E-state index in [-0.39, 0.29) is 29.1 Å². The molecule has 0 radical (unpaired) electrons. The van der Waals surface area contributed by atoms with Gasteiger partial charge in [-0.25, -0.2) is 0 Å². The molecule has 0 heterocycles. The lowest BCUT2D eigenvalue weighted by Crippen LogP contribution is -2.59. The van der Waals surface area contributed by atoms with Crippen LogP contribution in [0.4, 0.5) is 0 Å². The van der Waals surface area contributed by atoms with Crippen LogP contribution in [0.5, 0.6) is 11.5 Å². The van der Waals surface area contributed by atoms with Gasteiger partial charge in [0.1, 0.15) is 36.3 Å².